The zero-order valence-electron chi connectivity index (χ0n) is 14.9. The fourth-order valence-electron chi connectivity index (χ4n) is 3.18. The normalized spacial score (nSPS) is 15.5. The van der Waals surface area contributed by atoms with E-state index in [0.717, 1.165) is 30.8 Å². The third kappa shape index (κ3) is 4.69. The highest BCUT2D eigenvalue weighted by Gasteiger charge is 2.31. The number of urea groups is 1. The first-order chi connectivity index (χ1) is 12.8. The summed E-state index contributed by atoms with van der Waals surface area (Å²) in [6.45, 7) is 1.07. The molecule has 0 atom stereocenters. The number of alkyl halides is 3. The highest BCUT2D eigenvalue weighted by atomic mass is 19.4. The molecule has 1 aliphatic rings. The van der Waals surface area contributed by atoms with E-state index in [9.17, 15) is 18.0 Å². The number of likely N-dealkylation sites (tertiary alicyclic amines) is 1. The van der Waals surface area contributed by atoms with Crippen LogP contribution in [0, 0.1) is 0 Å². The van der Waals surface area contributed by atoms with Crippen molar-refractivity contribution < 1.29 is 18.0 Å². The molecule has 5 nitrogen and oxygen atoms in total. The summed E-state index contributed by atoms with van der Waals surface area (Å²) in [4.78, 5) is 20.4. The third-order valence-corrected chi connectivity index (χ3v) is 4.75. The van der Waals surface area contributed by atoms with Crippen LogP contribution < -0.4 is 10.2 Å². The van der Waals surface area contributed by atoms with Gasteiger partial charge in [-0.05, 0) is 43.2 Å². The molecule has 27 heavy (non-hydrogen) atoms. The van der Waals surface area contributed by atoms with Gasteiger partial charge in [0.05, 0.1) is 5.56 Å². The first-order valence-corrected chi connectivity index (χ1v) is 8.71. The first kappa shape index (κ1) is 19.0. The maximum Gasteiger partial charge on any atom is 0.416 e. The Bertz CT molecular complexity index is 774. The lowest BCUT2D eigenvalue weighted by Crippen LogP contribution is -2.47. The second kappa shape index (κ2) is 7.85. The Labute approximate surface area is 155 Å². The van der Waals surface area contributed by atoms with E-state index in [0.29, 0.717) is 13.1 Å². The van der Waals surface area contributed by atoms with Crippen LogP contribution >= 0.6 is 0 Å². The molecule has 1 saturated heterocycles. The number of carbonyl (C=O) groups excluding carboxylic acids is 1. The van der Waals surface area contributed by atoms with E-state index in [1.165, 1.54) is 12.1 Å². The van der Waals surface area contributed by atoms with Gasteiger partial charge in [-0.15, -0.1) is 0 Å². The number of hydrogen-bond acceptors (Lipinski definition) is 3. The molecule has 2 amide bonds. The third-order valence-electron chi connectivity index (χ3n) is 4.75. The average Bonchev–Trinajstić information content (AvgIpc) is 2.68. The summed E-state index contributed by atoms with van der Waals surface area (Å²) in [7, 11) is 1.98. The molecule has 1 N–H and O–H groups in total. The van der Waals surface area contributed by atoms with E-state index in [2.05, 4.69) is 15.2 Å². The van der Waals surface area contributed by atoms with Crippen molar-refractivity contribution in [3.8, 4) is 0 Å². The fraction of sp³-hybridized carbons (Fsp3) is 0.368. The van der Waals surface area contributed by atoms with Crippen LogP contribution in [-0.4, -0.2) is 42.1 Å². The van der Waals surface area contributed by atoms with Crippen LogP contribution in [-0.2, 0) is 6.18 Å². The second-order valence-corrected chi connectivity index (χ2v) is 6.53. The summed E-state index contributed by atoms with van der Waals surface area (Å²) in [5.74, 6) is 0.879. The molecular weight excluding hydrogens is 357 g/mol. The molecular formula is C19H21F3N4O. The van der Waals surface area contributed by atoms with Gasteiger partial charge in [0, 0.05) is 38.1 Å². The molecule has 2 heterocycles. The van der Waals surface area contributed by atoms with Gasteiger partial charge in [0.25, 0.3) is 0 Å². The monoisotopic (exact) mass is 378 g/mol. The molecule has 2 aromatic rings. The summed E-state index contributed by atoms with van der Waals surface area (Å²) in [5.41, 5.74) is -0.640. The Hall–Kier alpha value is -2.77. The van der Waals surface area contributed by atoms with Crippen LogP contribution in [0.1, 0.15) is 18.4 Å². The van der Waals surface area contributed by atoms with Crippen LogP contribution in [0.25, 0.3) is 0 Å². The van der Waals surface area contributed by atoms with Gasteiger partial charge < -0.3 is 15.1 Å². The van der Waals surface area contributed by atoms with Gasteiger partial charge in [0.1, 0.15) is 5.82 Å². The number of halogens is 3. The molecule has 144 valence electrons. The number of nitrogens with zero attached hydrogens (tertiary/aromatic N) is 3. The van der Waals surface area contributed by atoms with Crippen molar-refractivity contribution in [2.45, 2.75) is 25.1 Å². The van der Waals surface area contributed by atoms with Gasteiger partial charge >= 0.3 is 12.2 Å². The predicted octanol–water partition coefficient (Wildman–Crippen LogP) is 4.23. The lowest BCUT2D eigenvalue weighted by Gasteiger charge is -2.37. The Kier molecular flexibility index (Phi) is 5.53. The van der Waals surface area contributed by atoms with Crippen LogP contribution in [0.5, 0.6) is 0 Å². The Morgan fingerprint density at radius 1 is 1.19 bits per heavy atom. The Morgan fingerprint density at radius 3 is 2.56 bits per heavy atom. The number of nitrogens with one attached hydrogen (secondary N) is 1. The largest absolute Gasteiger partial charge is 0.416 e. The molecule has 0 radical (unpaired) electrons. The zero-order valence-corrected chi connectivity index (χ0v) is 14.9. The fourth-order valence-corrected chi connectivity index (χ4v) is 3.18. The predicted molar refractivity (Wildman–Crippen MR) is 97.7 cm³/mol. The summed E-state index contributed by atoms with van der Waals surface area (Å²) in [6.07, 6.45) is -1.16. The number of benzene rings is 1. The molecule has 1 aromatic carbocycles. The highest BCUT2D eigenvalue weighted by Crippen LogP contribution is 2.30. The smallest absolute Gasteiger partial charge is 0.357 e. The molecule has 0 unspecified atom stereocenters. The molecule has 0 bridgehead atoms. The number of aromatic nitrogens is 1. The quantitative estimate of drug-likeness (QED) is 0.869. The Balaban J connectivity index is 1.56. The Morgan fingerprint density at radius 2 is 1.93 bits per heavy atom. The summed E-state index contributed by atoms with van der Waals surface area (Å²) >= 11 is 0. The van der Waals surface area contributed by atoms with Crippen molar-refractivity contribution in [1.29, 1.82) is 0 Å². The average molecular weight is 378 g/mol. The minimum absolute atomic E-state index is 0.141. The van der Waals surface area contributed by atoms with Crippen molar-refractivity contribution in [1.82, 2.24) is 9.88 Å². The number of carbonyl (C=O) groups is 1. The van der Waals surface area contributed by atoms with E-state index < -0.39 is 11.7 Å². The standard InChI is InChI=1S/C19H21F3N4O/c1-25(17-7-2-3-10-23-17)16-8-11-26(12-9-16)18(27)24-15-6-4-5-14(13-15)19(20,21)22/h2-7,10,13,16H,8-9,11-12H2,1H3,(H,24,27). The van der Waals surface area contributed by atoms with Crippen LogP contribution in [0.15, 0.2) is 48.7 Å². The van der Waals surface area contributed by atoms with E-state index >= 15 is 0 Å². The number of anilines is 2. The first-order valence-electron chi connectivity index (χ1n) is 8.71. The van der Waals surface area contributed by atoms with Gasteiger partial charge in [-0.1, -0.05) is 12.1 Å². The van der Waals surface area contributed by atoms with Crippen LogP contribution in [0.3, 0.4) is 0 Å². The lowest BCUT2D eigenvalue weighted by molar-refractivity contribution is -0.137. The molecule has 8 heteroatoms. The number of rotatable bonds is 3. The zero-order chi connectivity index (χ0) is 19.4. The van der Waals surface area contributed by atoms with E-state index in [1.54, 1.807) is 11.1 Å². The van der Waals surface area contributed by atoms with E-state index in [4.69, 9.17) is 0 Å². The van der Waals surface area contributed by atoms with E-state index in [-0.39, 0.29) is 17.8 Å². The molecule has 3 rings (SSSR count). The SMILES string of the molecule is CN(c1ccccn1)C1CCN(C(=O)Nc2cccc(C(F)(F)F)c2)CC1. The molecule has 1 aromatic heterocycles. The highest BCUT2D eigenvalue weighted by molar-refractivity contribution is 5.89. The van der Waals surface area contributed by atoms with E-state index in [1.807, 2.05) is 25.2 Å². The molecule has 0 aliphatic carbocycles. The topological polar surface area (TPSA) is 48.5 Å². The maximum atomic E-state index is 12.8. The molecule has 0 spiro atoms. The molecule has 1 aliphatic heterocycles. The maximum absolute atomic E-state index is 12.8. The van der Waals surface area contributed by atoms with Crippen molar-refractivity contribution in [2.24, 2.45) is 0 Å². The number of pyridine rings is 1. The number of amides is 2. The van der Waals surface area contributed by atoms with Crippen LogP contribution in [0.2, 0.25) is 0 Å². The molecule has 1 fully saturated rings. The van der Waals surface area contributed by atoms with Crippen LogP contribution in [0.4, 0.5) is 29.5 Å². The van der Waals surface area contributed by atoms with Gasteiger partial charge in [0.15, 0.2) is 0 Å². The summed E-state index contributed by atoms with van der Waals surface area (Å²) in [6, 6.07) is 10.3. The van der Waals surface area contributed by atoms with Crippen molar-refractivity contribution in [2.75, 3.05) is 30.4 Å². The summed E-state index contributed by atoms with van der Waals surface area (Å²) in [5, 5.41) is 2.56. The minimum atomic E-state index is -4.44. The van der Waals surface area contributed by atoms with Crippen molar-refractivity contribution in [3.63, 3.8) is 0 Å². The minimum Gasteiger partial charge on any atom is -0.357 e. The van der Waals surface area contributed by atoms with Gasteiger partial charge in [0.2, 0.25) is 0 Å². The van der Waals surface area contributed by atoms with Gasteiger partial charge in [-0.3, -0.25) is 0 Å². The number of piperidine rings is 1. The number of hydrogen-bond donors (Lipinski definition) is 1. The van der Waals surface area contributed by atoms with Gasteiger partial charge in [-0.25, -0.2) is 9.78 Å². The summed E-state index contributed by atoms with van der Waals surface area (Å²) < 4.78 is 38.4. The van der Waals surface area contributed by atoms with Gasteiger partial charge in [-0.2, -0.15) is 13.2 Å². The van der Waals surface area contributed by atoms with Crippen molar-refractivity contribution >= 4 is 17.5 Å². The second-order valence-electron chi connectivity index (χ2n) is 6.53. The molecule has 0 saturated carbocycles. The van der Waals surface area contributed by atoms with Crippen molar-refractivity contribution in [3.05, 3.63) is 54.2 Å². The lowest BCUT2D eigenvalue weighted by atomic mass is 10.0.